The summed E-state index contributed by atoms with van der Waals surface area (Å²) in [6.07, 6.45) is 9.62. The predicted octanol–water partition coefficient (Wildman–Crippen LogP) is 4.75. The number of benzene rings is 1. The fourth-order valence-corrected chi connectivity index (χ4v) is 4.22. The summed E-state index contributed by atoms with van der Waals surface area (Å²) in [4.78, 5) is 29.0. The smallest absolute Gasteiger partial charge is 0.279 e. The van der Waals surface area contributed by atoms with E-state index in [1.807, 2.05) is 12.2 Å². The van der Waals surface area contributed by atoms with Gasteiger partial charge in [-0.05, 0) is 61.6 Å². The number of aliphatic imine (C=N–C) groups is 1. The van der Waals surface area contributed by atoms with Crippen molar-refractivity contribution in [1.82, 2.24) is 5.32 Å². The van der Waals surface area contributed by atoms with Crippen LogP contribution in [0, 0.1) is 5.92 Å². The molecule has 4 rings (SSSR count). The Bertz CT molecular complexity index is 943. The van der Waals surface area contributed by atoms with Crippen LogP contribution in [0.3, 0.4) is 0 Å². The highest BCUT2D eigenvalue weighted by atomic mass is 79.9. The van der Waals surface area contributed by atoms with Gasteiger partial charge < -0.3 is 5.32 Å². The molecule has 132 valence electrons. The largest absolute Gasteiger partial charge is 0.325 e. The van der Waals surface area contributed by atoms with E-state index in [1.165, 1.54) is 5.57 Å². The summed E-state index contributed by atoms with van der Waals surface area (Å²) < 4.78 is 0.763. The molecule has 6 heteroatoms. The number of rotatable bonds is 1. The van der Waals surface area contributed by atoms with Crippen LogP contribution >= 0.6 is 27.5 Å². The molecule has 1 aromatic carbocycles. The van der Waals surface area contributed by atoms with Crippen molar-refractivity contribution in [2.45, 2.75) is 25.7 Å². The number of fused-ring (bicyclic) bond motifs is 2. The Morgan fingerprint density at radius 3 is 2.92 bits per heavy atom. The molecule has 0 bridgehead atoms. The molecule has 1 N–H and O–H groups in total. The lowest BCUT2D eigenvalue weighted by atomic mass is 9.77. The molecule has 0 saturated carbocycles. The first-order valence-corrected chi connectivity index (χ1v) is 9.71. The Hall–Kier alpha value is -1.98. The van der Waals surface area contributed by atoms with Crippen molar-refractivity contribution in [3.63, 3.8) is 0 Å². The number of nitrogens with one attached hydrogen (secondary N) is 1. The zero-order chi connectivity index (χ0) is 18.3. The highest BCUT2D eigenvalue weighted by Gasteiger charge is 2.33. The Morgan fingerprint density at radius 2 is 2.08 bits per heavy atom. The number of allylic oxidation sites excluding steroid dienone is 3. The number of amides is 2. The fourth-order valence-electron chi connectivity index (χ4n) is 3.66. The molecule has 1 aliphatic heterocycles. The van der Waals surface area contributed by atoms with E-state index in [2.05, 4.69) is 26.2 Å². The minimum Gasteiger partial charge on any atom is -0.325 e. The average molecular weight is 432 g/mol. The van der Waals surface area contributed by atoms with Crippen molar-refractivity contribution in [3.8, 4) is 0 Å². The lowest BCUT2D eigenvalue weighted by Crippen LogP contribution is -2.37. The molecule has 0 fully saturated rings. The average Bonchev–Trinajstić information content (AvgIpc) is 2.64. The summed E-state index contributed by atoms with van der Waals surface area (Å²) in [6, 6.07) is 5.08. The van der Waals surface area contributed by atoms with Crippen molar-refractivity contribution < 1.29 is 9.59 Å². The zero-order valence-corrected chi connectivity index (χ0v) is 16.2. The molecule has 0 radical (unpaired) electrons. The topological polar surface area (TPSA) is 58.5 Å². The minimum atomic E-state index is -0.411. The summed E-state index contributed by atoms with van der Waals surface area (Å²) in [5.74, 6) is -0.337. The number of halogens is 2. The fraction of sp³-hybridized carbons (Fsp3) is 0.250. The Labute approximate surface area is 164 Å². The SMILES string of the molecule is O=C1NC2=CC(=NC(=O)c3cc(Br)ccc3Cl)C=CC2C2=C1CCCC2. The van der Waals surface area contributed by atoms with Gasteiger partial charge >= 0.3 is 0 Å². The van der Waals surface area contributed by atoms with Crippen molar-refractivity contribution in [1.29, 1.82) is 0 Å². The van der Waals surface area contributed by atoms with Crippen LogP contribution in [0.25, 0.3) is 0 Å². The van der Waals surface area contributed by atoms with E-state index in [-0.39, 0.29) is 11.8 Å². The molecule has 2 amide bonds. The summed E-state index contributed by atoms with van der Waals surface area (Å²) >= 11 is 9.44. The van der Waals surface area contributed by atoms with Gasteiger partial charge in [-0.3, -0.25) is 9.59 Å². The summed E-state index contributed by atoms with van der Waals surface area (Å²) in [5.41, 5.74) is 3.79. The van der Waals surface area contributed by atoms with Gasteiger partial charge in [-0.25, -0.2) is 4.99 Å². The highest BCUT2D eigenvalue weighted by Crippen LogP contribution is 2.38. The van der Waals surface area contributed by atoms with Crippen molar-refractivity contribution in [2.75, 3.05) is 0 Å². The van der Waals surface area contributed by atoms with Crippen molar-refractivity contribution in [2.24, 2.45) is 10.9 Å². The maximum Gasteiger partial charge on any atom is 0.279 e. The van der Waals surface area contributed by atoms with E-state index in [9.17, 15) is 9.59 Å². The number of carbonyl (C=O) groups is 2. The van der Waals surface area contributed by atoms with E-state index in [0.717, 1.165) is 41.4 Å². The zero-order valence-electron chi connectivity index (χ0n) is 13.9. The lowest BCUT2D eigenvalue weighted by Gasteiger charge is -2.33. The first-order valence-electron chi connectivity index (χ1n) is 8.54. The first kappa shape index (κ1) is 17.4. The maximum atomic E-state index is 12.5. The molecule has 1 aromatic rings. The van der Waals surface area contributed by atoms with Gasteiger partial charge in [0.25, 0.3) is 11.8 Å². The molecule has 26 heavy (non-hydrogen) atoms. The van der Waals surface area contributed by atoms with E-state index < -0.39 is 5.91 Å². The van der Waals surface area contributed by atoms with Gasteiger partial charge in [0.05, 0.1) is 16.3 Å². The molecule has 1 unspecified atom stereocenters. The van der Waals surface area contributed by atoms with Gasteiger partial charge in [-0.2, -0.15) is 0 Å². The molecule has 2 aliphatic carbocycles. The van der Waals surface area contributed by atoms with Crippen LogP contribution in [0.4, 0.5) is 0 Å². The van der Waals surface area contributed by atoms with Gasteiger partial charge in [-0.1, -0.05) is 33.6 Å². The maximum absolute atomic E-state index is 12.5. The molecule has 3 aliphatic rings. The van der Waals surface area contributed by atoms with Gasteiger partial charge in [-0.15, -0.1) is 0 Å². The molecule has 0 saturated heterocycles. The Kier molecular flexibility index (Phi) is 4.67. The van der Waals surface area contributed by atoms with Crippen LogP contribution in [-0.2, 0) is 4.79 Å². The highest BCUT2D eigenvalue weighted by molar-refractivity contribution is 9.10. The third-order valence-electron chi connectivity index (χ3n) is 4.91. The number of carbonyl (C=O) groups excluding carboxylic acids is 2. The van der Waals surface area contributed by atoms with Crippen LogP contribution in [-0.4, -0.2) is 17.5 Å². The van der Waals surface area contributed by atoms with Crippen molar-refractivity contribution in [3.05, 3.63) is 68.3 Å². The van der Waals surface area contributed by atoms with Crippen LogP contribution in [0.1, 0.15) is 36.0 Å². The third-order valence-corrected chi connectivity index (χ3v) is 5.73. The standard InChI is InChI=1S/C20H16BrClN2O2/c21-11-5-8-17(22)16(9-11)20(26)23-12-6-7-14-13-3-1-2-4-15(13)19(25)24-18(14)10-12/h5-10,14H,1-4H2,(H,24,25). The minimum absolute atomic E-state index is 0.0155. The van der Waals surface area contributed by atoms with Crippen LogP contribution in [0.5, 0.6) is 0 Å². The second-order valence-corrected chi connectivity index (χ2v) is 7.89. The Balaban J connectivity index is 1.64. The van der Waals surface area contributed by atoms with Crippen LogP contribution < -0.4 is 5.32 Å². The molecule has 1 heterocycles. The van der Waals surface area contributed by atoms with Gasteiger partial charge in [0, 0.05) is 21.7 Å². The molecule has 1 atom stereocenters. The quantitative estimate of drug-likeness (QED) is 0.697. The number of nitrogens with zero attached hydrogens (tertiary/aromatic N) is 1. The second-order valence-electron chi connectivity index (χ2n) is 6.57. The number of hydrogen-bond acceptors (Lipinski definition) is 2. The first-order chi connectivity index (χ1) is 12.5. The van der Waals surface area contributed by atoms with E-state index in [1.54, 1.807) is 24.3 Å². The summed E-state index contributed by atoms with van der Waals surface area (Å²) in [5, 5.41) is 3.33. The van der Waals surface area contributed by atoms with Crippen molar-refractivity contribution >= 4 is 45.1 Å². The normalized spacial score (nSPS) is 23.3. The van der Waals surface area contributed by atoms with Gasteiger partial charge in [0.2, 0.25) is 0 Å². The number of hydrogen-bond donors (Lipinski definition) is 1. The molecule has 4 nitrogen and oxygen atoms in total. The molecule has 0 aromatic heterocycles. The lowest BCUT2D eigenvalue weighted by molar-refractivity contribution is -0.117. The molecule has 0 spiro atoms. The monoisotopic (exact) mass is 430 g/mol. The van der Waals surface area contributed by atoms with Gasteiger partial charge in [0.1, 0.15) is 0 Å². The van der Waals surface area contributed by atoms with E-state index in [4.69, 9.17) is 11.6 Å². The van der Waals surface area contributed by atoms with Crippen LogP contribution in [0.15, 0.2) is 62.7 Å². The van der Waals surface area contributed by atoms with E-state index in [0.29, 0.717) is 16.3 Å². The second kappa shape index (κ2) is 6.97. The Morgan fingerprint density at radius 1 is 1.27 bits per heavy atom. The third kappa shape index (κ3) is 3.21. The summed E-state index contributed by atoms with van der Waals surface area (Å²) in [7, 11) is 0. The molecular weight excluding hydrogens is 416 g/mol. The van der Waals surface area contributed by atoms with E-state index >= 15 is 0 Å². The summed E-state index contributed by atoms with van der Waals surface area (Å²) in [6.45, 7) is 0. The van der Waals surface area contributed by atoms with Gasteiger partial charge in [0.15, 0.2) is 0 Å². The van der Waals surface area contributed by atoms with Crippen LogP contribution in [0.2, 0.25) is 5.02 Å². The predicted molar refractivity (Wildman–Crippen MR) is 105 cm³/mol. The molecular formula is C20H16BrClN2O2.